The van der Waals surface area contributed by atoms with Gasteiger partial charge in [-0.2, -0.15) is 0 Å². The average Bonchev–Trinajstić information content (AvgIpc) is 2.58. The van der Waals surface area contributed by atoms with Crippen molar-refractivity contribution >= 4 is 0 Å². The zero-order valence-corrected chi connectivity index (χ0v) is 15.5. The lowest BCUT2D eigenvalue weighted by atomic mass is 9.89. The highest BCUT2D eigenvalue weighted by molar-refractivity contribution is 5.29. The number of rotatable bonds is 4. The maximum absolute atomic E-state index is 12.9. The minimum absolute atomic E-state index is 0.151. The van der Waals surface area contributed by atoms with Crippen molar-refractivity contribution in [1.82, 2.24) is 4.90 Å². The van der Waals surface area contributed by atoms with E-state index < -0.39 is 0 Å². The van der Waals surface area contributed by atoms with Crippen LogP contribution in [0.25, 0.3) is 0 Å². The number of hydrogen-bond acceptors (Lipinski definition) is 1. The fourth-order valence-electron chi connectivity index (χ4n) is 2.89. The van der Waals surface area contributed by atoms with Crippen molar-refractivity contribution < 1.29 is 4.39 Å². The Kier molecular flexibility index (Phi) is 8.08. The zero-order chi connectivity index (χ0) is 17.4. The van der Waals surface area contributed by atoms with Gasteiger partial charge in [-0.25, -0.2) is 4.39 Å². The van der Waals surface area contributed by atoms with Gasteiger partial charge in [0.05, 0.1) is 0 Å². The summed E-state index contributed by atoms with van der Waals surface area (Å²) in [6, 6.07) is 6.94. The van der Waals surface area contributed by atoms with Crippen molar-refractivity contribution in [2.45, 2.75) is 53.9 Å². The van der Waals surface area contributed by atoms with E-state index in [4.69, 9.17) is 0 Å². The van der Waals surface area contributed by atoms with Gasteiger partial charge in [0.15, 0.2) is 0 Å². The maximum atomic E-state index is 12.9. The highest BCUT2D eigenvalue weighted by Gasteiger charge is 2.21. The van der Waals surface area contributed by atoms with Gasteiger partial charge in [0.1, 0.15) is 5.82 Å². The van der Waals surface area contributed by atoms with E-state index in [9.17, 15) is 4.39 Å². The van der Waals surface area contributed by atoms with E-state index in [2.05, 4.69) is 32.3 Å². The number of halogens is 1. The first-order valence-electron chi connectivity index (χ1n) is 8.80. The predicted octanol–water partition coefficient (Wildman–Crippen LogP) is 5.98. The van der Waals surface area contributed by atoms with Crippen LogP contribution in [0, 0.1) is 11.7 Å². The molecule has 1 heterocycles. The van der Waals surface area contributed by atoms with Gasteiger partial charge in [-0.05, 0) is 69.2 Å². The number of piperidine rings is 1. The first-order valence-corrected chi connectivity index (χ1v) is 8.80. The van der Waals surface area contributed by atoms with Gasteiger partial charge in [0.2, 0.25) is 0 Å². The monoisotopic (exact) mass is 317 g/mol. The summed E-state index contributed by atoms with van der Waals surface area (Å²) in [5.74, 6) is 0.550. The summed E-state index contributed by atoms with van der Waals surface area (Å²) in [6.07, 6.45) is 3.43. The molecule has 1 aromatic carbocycles. The molecule has 128 valence electrons. The Hall–Kier alpha value is -1.57. The molecule has 0 radical (unpaired) electrons. The number of likely N-dealkylation sites (tertiary alicyclic amines) is 1. The van der Waals surface area contributed by atoms with Crippen LogP contribution in [0.15, 0.2) is 47.7 Å². The molecule has 0 aliphatic carbocycles. The van der Waals surface area contributed by atoms with E-state index in [1.54, 1.807) is 12.1 Å². The Bertz CT molecular complexity index is 515. The van der Waals surface area contributed by atoms with Crippen LogP contribution in [0.2, 0.25) is 0 Å². The first kappa shape index (κ1) is 19.5. The third kappa shape index (κ3) is 5.85. The van der Waals surface area contributed by atoms with E-state index in [1.165, 1.54) is 35.2 Å². The van der Waals surface area contributed by atoms with E-state index >= 15 is 0 Å². The molecule has 1 saturated heterocycles. The molecule has 0 N–H and O–H groups in total. The molecule has 2 rings (SSSR count). The molecular formula is C21H32FN. The third-order valence-corrected chi connectivity index (χ3v) is 4.62. The van der Waals surface area contributed by atoms with Gasteiger partial charge >= 0.3 is 0 Å². The Balaban J connectivity index is 0.00000127. The second-order valence-corrected chi connectivity index (χ2v) is 6.33. The van der Waals surface area contributed by atoms with Gasteiger partial charge in [0.25, 0.3) is 0 Å². The van der Waals surface area contributed by atoms with Crippen LogP contribution in [0.5, 0.6) is 0 Å². The second-order valence-electron chi connectivity index (χ2n) is 6.33. The van der Waals surface area contributed by atoms with Gasteiger partial charge in [-0.1, -0.05) is 38.1 Å². The molecule has 1 aliphatic rings. The van der Waals surface area contributed by atoms with Crippen molar-refractivity contribution in [2.24, 2.45) is 5.92 Å². The molecule has 2 heteroatoms. The molecule has 0 amide bonds. The molecule has 1 nitrogen and oxygen atoms in total. The van der Waals surface area contributed by atoms with Crippen molar-refractivity contribution in [3.63, 3.8) is 0 Å². The smallest absolute Gasteiger partial charge is 0.123 e. The molecule has 1 aromatic rings. The summed E-state index contributed by atoms with van der Waals surface area (Å²) in [7, 11) is 0. The summed E-state index contributed by atoms with van der Waals surface area (Å²) in [5, 5.41) is 0. The fourth-order valence-corrected chi connectivity index (χ4v) is 2.89. The molecule has 23 heavy (non-hydrogen) atoms. The van der Waals surface area contributed by atoms with Crippen molar-refractivity contribution in [1.29, 1.82) is 0 Å². The highest BCUT2D eigenvalue weighted by Crippen LogP contribution is 2.26. The number of benzene rings is 1. The van der Waals surface area contributed by atoms with Crippen LogP contribution in [0.4, 0.5) is 4.39 Å². The molecule has 0 unspecified atom stereocenters. The van der Waals surface area contributed by atoms with E-state index in [0.717, 1.165) is 19.5 Å². The second kappa shape index (κ2) is 9.54. The van der Waals surface area contributed by atoms with E-state index in [0.29, 0.717) is 5.92 Å². The number of hydrogen-bond donors (Lipinski definition) is 0. The van der Waals surface area contributed by atoms with E-state index in [-0.39, 0.29) is 5.82 Å². The summed E-state index contributed by atoms with van der Waals surface area (Å²) >= 11 is 0. The van der Waals surface area contributed by atoms with Gasteiger partial charge in [-0.15, -0.1) is 0 Å². The van der Waals surface area contributed by atoms with Crippen molar-refractivity contribution in [3.05, 3.63) is 59.1 Å². The summed E-state index contributed by atoms with van der Waals surface area (Å²) in [6.45, 7) is 16.8. The molecule has 1 aliphatic heterocycles. The van der Waals surface area contributed by atoms with Gasteiger partial charge in [0, 0.05) is 18.8 Å². The lowest BCUT2D eigenvalue weighted by Gasteiger charge is -2.35. The zero-order valence-electron chi connectivity index (χ0n) is 15.5. The summed E-state index contributed by atoms with van der Waals surface area (Å²) in [5.41, 5.74) is 5.07. The number of allylic oxidation sites excluding steroid dienone is 2. The quantitative estimate of drug-likeness (QED) is 0.618. The molecule has 1 fully saturated rings. The van der Waals surface area contributed by atoms with Crippen LogP contribution in [-0.2, 0) is 6.42 Å². The average molecular weight is 317 g/mol. The molecule has 0 spiro atoms. The fraction of sp³-hybridized carbons (Fsp3) is 0.524. The van der Waals surface area contributed by atoms with Gasteiger partial charge in [-0.3, -0.25) is 0 Å². The topological polar surface area (TPSA) is 3.24 Å². The minimum atomic E-state index is -0.151. The Morgan fingerprint density at radius 3 is 2.09 bits per heavy atom. The van der Waals surface area contributed by atoms with Gasteiger partial charge < -0.3 is 4.90 Å². The first-order chi connectivity index (χ1) is 11.0. The summed E-state index contributed by atoms with van der Waals surface area (Å²) in [4.78, 5) is 2.41. The minimum Gasteiger partial charge on any atom is -0.372 e. The highest BCUT2D eigenvalue weighted by atomic mass is 19.1. The Labute approximate surface area is 141 Å². The Morgan fingerprint density at radius 1 is 1.09 bits per heavy atom. The van der Waals surface area contributed by atoms with Crippen molar-refractivity contribution in [3.8, 4) is 0 Å². The normalized spacial score (nSPS) is 14.8. The maximum Gasteiger partial charge on any atom is 0.123 e. The molecule has 0 aromatic heterocycles. The molecule has 0 bridgehead atoms. The van der Waals surface area contributed by atoms with E-state index in [1.807, 2.05) is 26.0 Å². The lowest BCUT2D eigenvalue weighted by molar-refractivity contribution is 0.229. The van der Waals surface area contributed by atoms with Crippen LogP contribution >= 0.6 is 0 Å². The van der Waals surface area contributed by atoms with Crippen LogP contribution in [0.3, 0.4) is 0 Å². The Morgan fingerprint density at radius 2 is 1.61 bits per heavy atom. The molecular weight excluding hydrogens is 285 g/mol. The van der Waals surface area contributed by atoms with Crippen molar-refractivity contribution in [2.75, 3.05) is 13.1 Å². The predicted molar refractivity (Wildman–Crippen MR) is 98.9 cm³/mol. The molecule has 0 saturated carbocycles. The SMILES string of the molecule is C=C(C(C)=C(C)C)N1CCC(Cc2ccc(F)cc2)CC1.CC. The van der Waals surface area contributed by atoms with Crippen LogP contribution in [0.1, 0.15) is 53.0 Å². The van der Waals surface area contributed by atoms with Crippen LogP contribution in [-0.4, -0.2) is 18.0 Å². The van der Waals surface area contributed by atoms with Crippen LogP contribution < -0.4 is 0 Å². The molecule has 0 atom stereocenters. The number of nitrogens with zero attached hydrogens (tertiary/aromatic N) is 1. The largest absolute Gasteiger partial charge is 0.372 e. The third-order valence-electron chi connectivity index (χ3n) is 4.62. The lowest BCUT2D eigenvalue weighted by Crippen LogP contribution is -2.33. The summed E-state index contributed by atoms with van der Waals surface area (Å²) < 4.78 is 12.9. The standard InChI is InChI=1S/C19H26FN.C2H6/c1-14(2)15(3)16(4)21-11-9-18(10-12-21)13-17-5-7-19(20)8-6-17;1-2/h5-8,18H,4,9-13H2,1-3H3;1-2H3.